The van der Waals surface area contributed by atoms with Crippen molar-refractivity contribution in [1.82, 2.24) is 19.9 Å². The van der Waals surface area contributed by atoms with Crippen LogP contribution in [0.5, 0.6) is 17.4 Å². The van der Waals surface area contributed by atoms with Crippen LogP contribution >= 0.6 is 0 Å². The first kappa shape index (κ1) is 23.1. The molecule has 0 aliphatic heterocycles. The number of aromatic nitrogens is 4. The number of pyridine rings is 1. The number of phenols is 1. The summed E-state index contributed by atoms with van der Waals surface area (Å²) in [5.74, 6) is 2.55. The summed E-state index contributed by atoms with van der Waals surface area (Å²) in [6.45, 7) is 0. The highest BCUT2D eigenvalue weighted by Gasteiger charge is 2.15. The van der Waals surface area contributed by atoms with E-state index in [1.807, 2.05) is 103 Å². The van der Waals surface area contributed by atoms with E-state index in [4.69, 9.17) is 14.7 Å². The van der Waals surface area contributed by atoms with Crippen molar-refractivity contribution >= 4 is 0 Å². The summed E-state index contributed by atoms with van der Waals surface area (Å²) >= 11 is 0. The Labute approximate surface area is 220 Å². The van der Waals surface area contributed by atoms with Crippen LogP contribution in [0, 0.1) is 0 Å². The van der Waals surface area contributed by atoms with Gasteiger partial charge in [-0.25, -0.2) is 19.9 Å². The lowest BCUT2D eigenvalue weighted by Crippen LogP contribution is -2.00. The first-order chi connectivity index (χ1) is 18.7. The summed E-state index contributed by atoms with van der Waals surface area (Å²) in [5.41, 5.74) is 4.23. The number of benzene rings is 4. The minimum absolute atomic E-state index is 0.102. The molecule has 2 aromatic heterocycles. The van der Waals surface area contributed by atoms with E-state index in [0.29, 0.717) is 34.7 Å². The van der Waals surface area contributed by atoms with Crippen molar-refractivity contribution in [2.24, 2.45) is 0 Å². The molecule has 2 heterocycles. The topological polar surface area (TPSA) is 81.0 Å². The maximum atomic E-state index is 10.5. The highest BCUT2D eigenvalue weighted by Crippen LogP contribution is 2.31. The molecular formula is C32H22N4O2. The lowest BCUT2D eigenvalue weighted by atomic mass is 10.1. The summed E-state index contributed by atoms with van der Waals surface area (Å²) in [4.78, 5) is 18.5. The lowest BCUT2D eigenvalue weighted by Gasteiger charge is -2.11. The number of aromatic hydroxyl groups is 1. The Hall–Kier alpha value is -5.36. The third-order valence-electron chi connectivity index (χ3n) is 5.97. The van der Waals surface area contributed by atoms with E-state index in [-0.39, 0.29) is 5.75 Å². The van der Waals surface area contributed by atoms with Crippen LogP contribution in [-0.2, 0) is 0 Å². The van der Waals surface area contributed by atoms with Crippen molar-refractivity contribution in [3.63, 3.8) is 0 Å². The molecule has 0 amide bonds. The van der Waals surface area contributed by atoms with Crippen LogP contribution in [0.3, 0.4) is 0 Å². The Kier molecular flexibility index (Phi) is 6.27. The summed E-state index contributed by atoms with van der Waals surface area (Å²) in [5, 5.41) is 10.5. The average Bonchev–Trinajstić information content (AvgIpc) is 2.98. The predicted octanol–water partition coefficient (Wildman–Crippen LogP) is 7.43. The van der Waals surface area contributed by atoms with Crippen molar-refractivity contribution in [3.05, 3.63) is 128 Å². The van der Waals surface area contributed by atoms with E-state index < -0.39 is 0 Å². The Morgan fingerprint density at radius 2 is 1.13 bits per heavy atom. The van der Waals surface area contributed by atoms with Gasteiger partial charge in [0.2, 0.25) is 5.88 Å². The van der Waals surface area contributed by atoms with Gasteiger partial charge in [0.15, 0.2) is 17.5 Å². The molecule has 0 aliphatic rings. The van der Waals surface area contributed by atoms with Crippen molar-refractivity contribution in [3.8, 4) is 62.7 Å². The molecule has 0 saturated carbocycles. The Balaban J connectivity index is 1.38. The minimum atomic E-state index is 0.102. The van der Waals surface area contributed by atoms with Gasteiger partial charge < -0.3 is 9.84 Å². The van der Waals surface area contributed by atoms with Gasteiger partial charge in [-0.15, -0.1) is 0 Å². The summed E-state index contributed by atoms with van der Waals surface area (Å²) in [6.07, 6.45) is 1.73. The van der Waals surface area contributed by atoms with E-state index in [1.165, 1.54) is 0 Å². The maximum absolute atomic E-state index is 10.5. The van der Waals surface area contributed by atoms with Crippen molar-refractivity contribution in [2.75, 3.05) is 0 Å². The molecule has 6 nitrogen and oxygen atoms in total. The molecule has 6 aromatic rings. The minimum Gasteiger partial charge on any atom is -0.507 e. The number of nitrogens with zero attached hydrogens (tertiary/aromatic N) is 4. The highest BCUT2D eigenvalue weighted by molar-refractivity contribution is 5.70. The van der Waals surface area contributed by atoms with Crippen LogP contribution in [0.15, 0.2) is 128 Å². The van der Waals surface area contributed by atoms with Crippen LogP contribution in [0.1, 0.15) is 0 Å². The Morgan fingerprint density at radius 3 is 1.89 bits per heavy atom. The smallest absolute Gasteiger partial charge is 0.219 e. The largest absolute Gasteiger partial charge is 0.507 e. The molecule has 0 atom stereocenters. The summed E-state index contributed by atoms with van der Waals surface area (Å²) < 4.78 is 6.13. The van der Waals surface area contributed by atoms with Crippen LogP contribution in [0.25, 0.3) is 45.3 Å². The molecule has 182 valence electrons. The van der Waals surface area contributed by atoms with Crippen molar-refractivity contribution < 1.29 is 9.84 Å². The van der Waals surface area contributed by atoms with E-state index in [2.05, 4.69) is 9.97 Å². The first-order valence-corrected chi connectivity index (χ1v) is 12.1. The molecule has 0 unspecified atom stereocenters. The molecule has 6 rings (SSSR count). The molecule has 0 bridgehead atoms. The van der Waals surface area contributed by atoms with Gasteiger partial charge in [0.05, 0.1) is 5.56 Å². The Bertz CT molecular complexity index is 1710. The maximum Gasteiger partial charge on any atom is 0.219 e. The van der Waals surface area contributed by atoms with Gasteiger partial charge in [-0.2, -0.15) is 0 Å². The molecular weight excluding hydrogens is 472 g/mol. The standard InChI is InChI=1S/C32H22N4O2/c37-28-17-8-7-16-27(28)32-35-30(23-12-5-2-6-13-23)34-31(36-32)25-14-9-15-26(20-25)38-29-21-24(18-19-33-29)22-10-3-1-4-11-22/h1-21,37H. The lowest BCUT2D eigenvalue weighted by molar-refractivity contribution is 0.463. The fourth-order valence-corrected chi connectivity index (χ4v) is 4.10. The van der Waals surface area contributed by atoms with Crippen molar-refractivity contribution in [2.45, 2.75) is 0 Å². The van der Waals surface area contributed by atoms with Crippen LogP contribution in [0.4, 0.5) is 0 Å². The second-order valence-electron chi connectivity index (χ2n) is 8.57. The van der Waals surface area contributed by atoms with E-state index >= 15 is 0 Å². The average molecular weight is 495 g/mol. The van der Waals surface area contributed by atoms with E-state index in [0.717, 1.165) is 22.3 Å². The molecule has 6 heteroatoms. The quantitative estimate of drug-likeness (QED) is 0.259. The van der Waals surface area contributed by atoms with Crippen LogP contribution in [0.2, 0.25) is 0 Å². The monoisotopic (exact) mass is 494 g/mol. The zero-order valence-corrected chi connectivity index (χ0v) is 20.3. The number of rotatable bonds is 6. The van der Waals surface area contributed by atoms with Gasteiger partial charge in [0.1, 0.15) is 11.5 Å². The fraction of sp³-hybridized carbons (Fsp3) is 0. The highest BCUT2D eigenvalue weighted by atomic mass is 16.5. The van der Waals surface area contributed by atoms with Crippen molar-refractivity contribution in [1.29, 1.82) is 0 Å². The normalized spacial score (nSPS) is 10.7. The molecule has 0 fully saturated rings. The molecule has 1 N–H and O–H groups in total. The number of ether oxygens (including phenoxy) is 1. The second kappa shape index (κ2) is 10.3. The number of phenolic OH excluding ortho intramolecular Hbond substituents is 1. The molecule has 4 aromatic carbocycles. The predicted molar refractivity (Wildman–Crippen MR) is 148 cm³/mol. The zero-order chi connectivity index (χ0) is 25.7. The molecule has 0 aliphatic carbocycles. The number of hydrogen-bond donors (Lipinski definition) is 1. The van der Waals surface area contributed by atoms with Crippen LogP contribution < -0.4 is 4.74 Å². The molecule has 0 saturated heterocycles. The number of para-hydroxylation sites is 1. The third kappa shape index (κ3) is 4.96. The Morgan fingerprint density at radius 1 is 0.500 bits per heavy atom. The van der Waals surface area contributed by atoms with Crippen LogP contribution in [-0.4, -0.2) is 25.0 Å². The van der Waals surface area contributed by atoms with Gasteiger partial charge in [0, 0.05) is 23.4 Å². The van der Waals surface area contributed by atoms with Gasteiger partial charge >= 0.3 is 0 Å². The van der Waals surface area contributed by atoms with Gasteiger partial charge in [-0.3, -0.25) is 0 Å². The summed E-state index contributed by atoms with van der Waals surface area (Å²) in [7, 11) is 0. The number of hydrogen-bond acceptors (Lipinski definition) is 6. The second-order valence-corrected chi connectivity index (χ2v) is 8.57. The molecule has 38 heavy (non-hydrogen) atoms. The molecule has 0 spiro atoms. The molecule has 0 radical (unpaired) electrons. The van der Waals surface area contributed by atoms with Gasteiger partial charge in [-0.05, 0) is 41.5 Å². The SMILES string of the molecule is Oc1ccccc1-c1nc(-c2ccccc2)nc(-c2cccc(Oc3cc(-c4ccccc4)ccn3)c2)n1. The van der Waals surface area contributed by atoms with E-state index in [1.54, 1.807) is 24.4 Å². The fourth-order valence-electron chi connectivity index (χ4n) is 4.10. The van der Waals surface area contributed by atoms with Gasteiger partial charge in [-0.1, -0.05) is 84.9 Å². The third-order valence-corrected chi connectivity index (χ3v) is 5.97. The zero-order valence-electron chi connectivity index (χ0n) is 20.3. The van der Waals surface area contributed by atoms with E-state index in [9.17, 15) is 5.11 Å². The summed E-state index contributed by atoms with van der Waals surface area (Å²) in [6, 6.07) is 38.2. The van der Waals surface area contributed by atoms with Gasteiger partial charge in [0.25, 0.3) is 0 Å². The first-order valence-electron chi connectivity index (χ1n) is 12.1.